The van der Waals surface area contributed by atoms with Crippen LogP contribution in [0.4, 0.5) is 0 Å². The van der Waals surface area contributed by atoms with E-state index in [9.17, 15) is 4.79 Å². The number of amides is 1. The minimum Gasteiger partial charge on any atom is -0.355 e. The number of nitrogens with one attached hydrogen (secondary N) is 2. The van der Waals surface area contributed by atoms with Crippen molar-refractivity contribution in [2.24, 2.45) is 10.9 Å². The fraction of sp³-hybridized carbons (Fsp3) is 0.652. The summed E-state index contributed by atoms with van der Waals surface area (Å²) >= 11 is 0. The van der Waals surface area contributed by atoms with Crippen molar-refractivity contribution in [2.75, 3.05) is 33.2 Å². The van der Waals surface area contributed by atoms with Gasteiger partial charge in [-0.2, -0.15) is 0 Å². The largest absolute Gasteiger partial charge is 0.355 e. The van der Waals surface area contributed by atoms with Crippen molar-refractivity contribution in [3.05, 3.63) is 35.4 Å². The Morgan fingerprint density at radius 3 is 2.60 bits per heavy atom. The lowest BCUT2D eigenvalue weighted by Gasteiger charge is -2.42. The lowest BCUT2D eigenvalue weighted by Crippen LogP contribution is -2.55. The van der Waals surface area contributed by atoms with Crippen molar-refractivity contribution in [1.29, 1.82) is 0 Å². The first kappa shape index (κ1) is 24.9. The Morgan fingerprint density at radius 2 is 1.93 bits per heavy atom. The highest BCUT2D eigenvalue weighted by Gasteiger charge is 2.31. The fourth-order valence-electron chi connectivity index (χ4n) is 4.26. The molecule has 1 saturated heterocycles. The van der Waals surface area contributed by atoms with Gasteiger partial charge in [-0.3, -0.25) is 14.7 Å². The summed E-state index contributed by atoms with van der Waals surface area (Å²) in [6, 6.07) is 9.02. The van der Waals surface area contributed by atoms with Crippen molar-refractivity contribution in [1.82, 2.24) is 20.4 Å². The molecule has 30 heavy (non-hydrogen) atoms. The summed E-state index contributed by atoms with van der Waals surface area (Å²) in [4.78, 5) is 21.1. The molecular weight excluding hydrogens is 489 g/mol. The number of rotatable bonds is 5. The number of carbonyl (C=O) groups is 1. The molecule has 168 valence electrons. The van der Waals surface area contributed by atoms with Crippen LogP contribution in [0, 0.1) is 5.92 Å². The van der Waals surface area contributed by atoms with Crippen molar-refractivity contribution < 1.29 is 4.79 Å². The van der Waals surface area contributed by atoms with Crippen molar-refractivity contribution in [3.63, 3.8) is 0 Å². The average Bonchev–Trinajstić information content (AvgIpc) is 3.18. The highest BCUT2D eigenvalue weighted by molar-refractivity contribution is 14.0. The van der Waals surface area contributed by atoms with E-state index in [2.05, 4.69) is 58.6 Å². The maximum Gasteiger partial charge on any atom is 0.225 e. The number of hydrogen-bond acceptors (Lipinski definition) is 3. The Bertz CT molecular complexity index is 749. The van der Waals surface area contributed by atoms with Crippen molar-refractivity contribution >= 4 is 35.8 Å². The Hall–Kier alpha value is -1.35. The zero-order chi connectivity index (χ0) is 21.0. The van der Waals surface area contributed by atoms with Crippen LogP contribution >= 0.6 is 24.0 Å². The van der Waals surface area contributed by atoms with Gasteiger partial charge in [0.05, 0.1) is 0 Å². The molecule has 1 amide bonds. The number of aliphatic imine (C=N–C) groups is 1. The number of fused-ring (bicyclic) bond motifs is 1. The third kappa shape index (κ3) is 6.09. The first-order valence-corrected chi connectivity index (χ1v) is 10.9. The monoisotopic (exact) mass is 527 g/mol. The van der Waals surface area contributed by atoms with Gasteiger partial charge in [-0.15, -0.1) is 24.0 Å². The molecular formula is C23H38IN5O. The molecule has 2 heterocycles. The van der Waals surface area contributed by atoms with Gasteiger partial charge in [-0.25, -0.2) is 0 Å². The Morgan fingerprint density at radius 1 is 1.23 bits per heavy atom. The van der Waals surface area contributed by atoms with E-state index in [4.69, 9.17) is 0 Å². The minimum atomic E-state index is 0. The quantitative estimate of drug-likeness (QED) is 0.352. The highest BCUT2D eigenvalue weighted by atomic mass is 127. The first-order valence-electron chi connectivity index (χ1n) is 10.9. The maximum absolute atomic E-state index is 12.2. The topological polar surface area (TPSA) is 60.0 Å². The summed E-state index contributed by atoms with van der Waals surface area (Å²) in [5.41, 5.74) is 2.93. The fourth-order valence-corrected chi connectivity index (χ4v) is 4.26. The van der Waals surface area contributed by atoms with Gasteiger partial charge in [0.2, 0.25) is 5.91 Å². The van der Waals surface area contributed by atoms with Crippen LogP contribution in [0.2, 0.25) is 0 Å². The van der Waals surface area contributed by atoms with Gasteiger partial charge in [-0.05, 0) is 37.8 Å². The third-order valence-electron chi connectivity index (χ3n) is 6.23. The van der Waals surface area contributed by atoms with Crippen LogP contribution in [0.5, 0.6) is 0 Å². The molecule has 0 radical (unpaired) electrons. The number of halogens is 1. The van der Waals surface area contributed by atoms with Gasteiger partial charge in [0.25, 0.3) is 0 Å². The van der Waals surface area contributed by atoms with Crippen molar-refractivity contribution in [2.45, 2.75) is 58.7 Å². The van der Waals surface area contributed by atoms with Gasteiger partial charge in [0.15, 0.2) is 5.96 Å². The van der Waals surface area contributed by atoms with Crippen molar-refractivity contribution in [3.8, 4) is 0 Å². The van der Waals surface area contributed by atoms with E-state index in [1.165, 1.54) is 11.1 Å². The summed E-state index contributed by atoms with van der Waals surface area (Å²) in [6.45, 7) is 13.0. The Balaban J connectivity index is 0.00000320. The number of hydrogen-bond donors (Lipinski definition) is 2. The lowest BCUT2D eigenvalue weighted by atomic mass is 9.94. The second kappa shape index (κ2) is 10.8. The zero-order valence-corrected chi connectivity index (χ0v) is 21.4. The normalized spacial score (nSPS) is 20.0. The zero-order valence-electron chi connectivity index (χ0n) is 19.1. The molecule has 1 unspecified atom stereocenters. The molecule has 1 fully saturated rings. The summed E-state index contributed by atoms with van der Waals surface area (Å²) in [6.07, 6.45) is 2.07. The Labute approximate surface area is 198 Å². The molecule has 0 bridgehead atoms. The van der Waals surface area contributed by atoms with Crippen LogP contribution in [-0.2, 0) is 17.8 Å². The summed E-state index contributed by atoms with van der Waals surface area (Å²) in [5, 5.41) is 7.03. The molecule has 1 aromatic carbocycles. The minimum absolute atomic E-state index is 0. The van der Waals surface area contributed by atoms with Gasteiger partial charge < -0.3 is 15.5 Å². The van der Waals surface area contributed by atoms with E-state index in [1.54, 1.807) is 0 Å². The van der Waals surface area contributed by atoms with Crippen LogP contribution in [0.15, 0.2) is 29.3 Å². The summed E-state index contributed by atoms with van der Waals surface area (Å²) < 4.78 is 0. The average molecular weight is 527 g/mol. The summed E-state index contributed by atoms with van der Waals surface area (Å²) in [5.74, 6) is 1.12. The molecule has 3 rings (SSSR count). The Kier molecular flexibility index (Phi) is 8.97. The van der Waals surface area contributed by atoms with Crippen LogP contribution in [-0.4, -0.2) is 66.5 Å². The number of nitrogens with zero attached hydrogens (tertiary/aromatic N) is 3. The smallest absolute Gasteiger partial charge is 0.225 e. The molecule has 2 aliphatic rings. The standard InChI is InChI=1S/C23H37N5O.HI/c1-17(2)21(29)27-12-11-20(15-27)26-22(24-5)25-16-23(3,4)28-13-10-18-8-6-7-9-19(18)14-28;/h6-9,17,20H,10-16H2,1-5H3,(H2,24,25,26);1H. The SMILES string of the molecule is CN=C(NCC(C)(C)N1CCc2ccccc2C1)NC1CCN(C(=O)C(C)C)C1.I. The number of guanidine groups is 1. The van der Waals surface area contributed by atoms with Crippen LogP contribution in [0.3, 0.4) is 0 Å². The van der Waals surface area contributed by atoms with Crippen LogP contribution in [0.1, 0.15) is 45.2 Å². The van der Waals surface area contributed by atoms with E-state index in [1.807, 2.05) is 25.8 Å². The second-order valence-electron chi connectivity index (χ2n) is 9.25. The van der Waals surface area contributed by atoms with Gasteiger partial charge in [0.1, 0.15) is 0 Å². The maximum atomic E-state index is 12.2. The molecule has 0 spiro atoms. The molecule has 6 nitrogen and oxygen atoms in total. The van der Waals surface area contributed by atoms with E-state index < -0.39 is 0 Å². The van der Waals surface area contributed by atoms with E-state index in [0.29, 0.717) is 0 Å². The molecule has 1 aromatic rings. The predicted molar refractivity (Wildman–Crippen MR) is 134 cm³/mol. The molecule has 0 aromatic heterocycles. The van der Waals surface area contributed by atoms with E-state index in [-0.39, 0.29) is 47.4 Å². The van der Waals surface area contributed by atoms with Crippen LogP contribution < -0.4 is 10.6 Å². The highest BCUT2D eigenvalue weighted by Crippen LogP contribution is 2.25. The van der Waals surface area contributed by atoms with Gasteiger partial charge in [0, 0.05) is 57.3 Å². The molecule has 1 atom stereocenters. The van der Waals surface area contributed by atoms with E-state index in [0.717, 1.165) is 51.5 Å². The lowest BCUT2D eigenvalue weighted by molar-refractivity contribution is -0.133. The molecule has 0 saturated carbocycles. The van der Waals surface area contributed by atoms with Crippen LogP contribution in [0.25, 0.3) is 0 Å². The van der Waals surface area contributed by atoms with E-state index >= 15 is 0 Å². The molecule has 7 heteroatoms. The first-order chi connectivity index (χ1) is 13.8. The molecule has 2 N–H and O–H groups in total. The molecule has 2 aliphatic heterocycles. The number of likely N-dealkylation sites (tertiary alicyclic amines) is 1. The summed E-state index contributed by atoms with van der Waals surface area (Å²) in [7, 11) is 1.81. The second-order valence-corrected chi connectivity index (χ2v) is 9.25. The predicted octanol–water partition coefficient (Wildman–Crippen LogP) is 2.86. The van der Waals surface area contributed by atoms with Gasteiger partial charge in [-0.1, -0.05) is 38.1 Å². The molecule has 0 aliphatic carbocycles. The number of carbonyl (C=O) groups excluding carboxylic acids is 1. The van der Waals surface area contributed by atoms with Gasteiger partial charge >= 0.3 is 0 Å². The third-order valence-corrected chi connectivity index (χ3v) is 6.23. The number of benzene rings is 1.